The van der Waals surface area contributed by atoms with Crippen molar-refractivity contribution in [3.8, 4) is 0 Å². The fourth-order valence-electron chi connectivity index (χ4n) is 3.44. The third-order valence-corrected chi connectivity index (χ3v) is 4.88. The van der Waals surface area contributed by atoms with E-state index in [2.05, 4.69) is 47.5 Å². The topological polar surface area (TPSA) is 36.9 Å². The van der Waals surface area contributed by atoms with E-state index in [0.717, 1.165) is 57.5 Å². The van der Waals surface area contributed by atoms with Crippen LogP contribution in [0.2, 0.25) is 0 Å². The smallest absolute Gasteiger partial charge is 0.193 e. The van der Waals surface area contributed by atoms with E-state index >= 15 is 0 Å². The van der Waals surface area contributed by atoms with Gasteiger partial charge in [-0.1, -0.05) is 30.3 Å². The van der Waals surface area contributed by atoms with Crippen LogP contribution in [0.3, 0.4) is 0 Å². The summed E-state index contributed by atoms with van der Waals surface area (Å²) >= 11 is 0. The number of likely N-dealkylation sites (tertiary alicyclic amines) is 1. The zero-order chi connectivity index (χ0) is 17.7. The van der Waals surface area contributed by atoms with Crippen LogP contribution in [-0.4, -0.2) is 50.8 Å². The van der Waals surface area contributed by atoms with Gasteiger partial charge in [0.05, 0.1) is 0 Å². The van der Waals surface area contributed by atoms with Crippen molar-refractivity contribution in [1.29, 1.82) is 0 Å². The van der Waals surface area contributed by atoms with Gasteiger partial charge in [0.2, 0.25) is 0 Å². The van der Waals surface area contributed by atoms with Crippen LogP contribution in [0.1, 0.15) is 44.6 Å². The summed E-state index contributed by atoms with van der Waals surface area (Å²) in [5.74, 6) is 1.91. The van der Waals surface area contributed by atoms with Crippen molar-refractivity contribution in [3.05, 3.63) is 35.9 Å². The van der Waals surface area contributed by atoms with E-state index in [1.54, 1.807) is 7.11 Å². The highest BCUT2D eigenvalue weighted by molar-refractivity contribution is 14.0. The number of unbranched alkanes of at least 4 members (excludes halogenated alkanes) is 2. The number of guanidine groups is 1. The quantitative estimate of drug-likeness (QED) is 0.251. The van der Waals surface area contributed by atoms with Gasteiger partial charge >= 0.3 is 0 Å². The van der Waals surface area contributed by atoms with E-state index in [1.807, 2.05) is 0 Å². The number of nitrogens with one attached hydrogen (secondary N) is 1. The zero-order valence-corrected chi connectivity index (χ0v) is 18.8. The summed E-state index contributed by atoms with van der Waals surface area (Å²) in [5.41, 5.74) is 1.47. The molecule has 0 aliphatic carbocycles. The number of piperidine rings is 1. The first-order chi connectivity index (χ1) is 12.3. The van der Waals surface area contributed by atoms with Crippen molar-refractivity contribution in [3.63, 3.8) is 0 Å². The number of ether oxygens (including phenoxy) is 1. The third kappa shape index (κ3) is 8.71. The first-order valence-electron chi connectivity index (χ1n) is 9.89. The number of nitrogens with zero attached hydrogens (tertiary/aromatic N) is 2. The molecule has 1 aliphatic rings. The molecule has 1 aromatic carbocycles. The second-order valence-electron chi connectivity index (χ2n) is 6.91. The molecule has 0 spiro atoms. The molecule has 1 saturated heterocycles. The van der Waals surface area contributed by atoms with Crippen LogP contribution in [0.4, 0.5) is 0 Å². The van der Waals surface area contributed by atoms with Gasteiger partial charge < -0.3 is 15.0 Å². The van der Waals surface area contributed by atoms with Crippen molar-refractivity contribution < 1.29 is 4.74 Å². The summed E-state index contributed by atoms with van der Waals surface area (Å²) in [4.78, 5) is 7.28. The number of hydrogen-bond donors (Lipinski definition) is 1. The average Bonchev–Trinajstić information content (AvgIpc) is 2.65. The number of benzene rings is 1. The molecular weight excluding hydrogens is 437 g/mol. The Labute approximate surface area is 176 Å². The molecule has 1 aromatic rings. The standard InChI is InChI=1S/C21H35N3O.HI/c1-3-22-21(23-14-8-5-9-17-25-2)24-15-12-20(13-16-24)18-19-10-6-4-7-11-19;/h4,6-7,10-11,20H,3,5,8-9,12-18H2,1-2H3,(H,22,23);1H. The fourth-order valence-corrected chi connectivity index (χ4v) is 3.44. The summed E-state index contributed by atoms with van der Waals surface area (Å²) in [5, 5.41) is 3.47. The number of rotatable bonds is 9. The Morgan fingerprint density at radius 1 is 1.15 bits per heavy atom. The van der Waals surface area contributed by atoms with E-state index in [0.29, 0.717) is 0 Å². The molecule has 0 saturated carbocycles. The Morgan fingerprint density at radius 2 is 1.88 bits per heavy atom. The highest BCUT2D eigenvalue weighted by Gasteiger charge is 2.21. The maximum atomic E-state index is 5.10. The van der Waals surface area contributed by atoms with E-state index in [4.69, 9.17) is 9.73 Å². The predicted octanol–water partition coefficient (Wildman–Crippen LogP) is 4.34. The molecule has 1 N–H and O–H groups in total. The predicted molar refractivity (Wildman–Crippen MR) is 122 cm³/mol. The van der Waals surface area contributed by atoms with Gasteiger partial charge in [-0.05, 0) is 56.9 Å². The Morgan fingerprint density at radius 3 is 2.54 bits per heavy atom. The highest BCUT2D eigenvalue weighted by atomic mass is 127. The van der Waals surface area contributed by atoms with Gasteiger partial charge in [0.1, 0.15) is 0 Å². The lowest BCUT2D eigenvalue weighted by atomic mass is 9.90. The normalized spacial score (nSPS) is 15.6. The van der Waals surface area contributed by atoms with Gasteiger partial charge in [0.15, 0.2) is 5.96 Å². The molecule has 148 valence electrons. The van der Waals surface area contributed by atoms with Crippen molar-refractivity contribution in [1.82, 2.24) is 10.2 Å². The van der Waals surface area contributed by atoms with Gasteiger partial charge in [-0.2, -0.15) is 0 Å². The molecule has 1 heterocycles. The minimum Gasteiger partial charge on any atom is -0.385 e. The molecular formula is C21H36IN3O. The largest absolute Gasteiger partial charge is 0.385 e. The zero-order valence-electron chi connectivity index (χ0n) is 16.5. The Kier molecular flexibility index (Phi) is 12.7. The summed E-state index contributed by atoms with van der Waals surface area (Å²) in [7, 11) is 1.77. The van der Waals surface area contributed by atoms with E-state index in [-0.39, 0.29) is 24.0 Å². The summed E-state index contributed by atoms with van der Waals surface area (Å²) < 4.78 is 5.10. The first kappa shape index (κ1) is 23.2. The summed E-state index contributed by atoms with van der Waals surface area (Å²) in [6.45, 7) is 7.09. The third-order valence-electron chi connectivity index (χ3n) is 4.88. The van der Waals surface area contributed by atoms with Crippen LogP contribution in [-0.2, 0) is 11.2 Å². The number of methoxy groups -OCH3 is 1. The second-order valence-corrected chi connectivity index (χ2v) is 6.91. The molecule has 4 nitrogen and oxygen atoms in total. The van der Waals surface area contributed by atoms with Crippen molar-refractivity contribution in [2.24, 2.45) is 10.9 Å². The molecule has 26 heavy (non-hydrogen) atoms. The average molecular weight is 473 g/mol. The van der Waals surface area contributed by atoms with E-state index in [9.17, 15) is 0 Å². The van der Waals surface area contributed by atoms with Crippen molar-refractivity contribution in [2.45, 2.75) is 45.4 Å². The molecule has 0 unspecified atom stereocenters. The van der Waals surface area contributed by atoms with Gasteiger partial charge in [0, 0.05) is 39.9 Å². The lowest BCUT2D eigenvalue weighted by Crippen LogP contribution is -2.46. The molecule has 0 radical (unpaired) electrons. The molecule has 0 bridgehead atoms. The molecule has 5 heteroatoms. The van der Waals surface area contributed by atoms with Crippen molar-refractivity contribution in [2.75, 3.05) is 39.9 Å². The fraction of sp³-hybridized carbons (Fsp3) is 0.667. The van der Waals surface area contributed by atoms with Gasteiger partial charge in [-0.25, -0.2) is 0 Å². The minimum atomic E-state index is 0. The molecule has 2 rings (SSSR count). The van der Waals surface area contributed by atoms with Gasteiger partial charge in [-0.15, -0.1) is 24.0 Å². The maximum Gasteiger partial charge on any atom is 0.193 e. The number of halogens is 1. The Bertz CT molecular complexity index is 487. The molecule has 0 amide bonds. The maximum absolute atomic E-state index is 5.10. The van der Waals surface area contributed by atoms with Crippen LogP contribution in [0.15, 0.2) is 35.3 Å². The second kappa shape index (κ2) is 14.3. The molecule has 1 aliphatic heterocycles. The van der Waals surface area contributed by atoms with Crippen LogP contribution in [0.25, 0.3) is 0 Å². The number of aliphatic imine (C=N–C) groups is 1. The highest BCUT2D eigenvalue weighted by Crippen LogP contribution is 2.21. The van der Waals surface area contributed by atoms with Crippen LogP contribution in [0.5, 0.6) is 0 Å². The monoisotopic (exact) mass is 473 g/mol. The van der Waals surface area contributed by atoms with E-state index < -0.39 is 0 Å². The lowest BCUT2D eigenvalue weighted by Gasteiger charge is -2.34. The van der Waals surface area contributed by atoms with Crippen LogP contribution in [0, 0.1) is 5.92 Å². The van der Waals surface area contributed by atoms with Crippen LogP contribution >= 0.6 is 24.0 Å². The molecule has 0 aromatic heterocycles. The SMILES string of the molecule is CCNC(=NCCCCCOC)N1CCC(Cc2ccccc2)CC1.I. The van der Waals surface area contributed by atoms with Gasteiger partial charge in [0.25, 0.3) is 0 Å². The number of hydrogen-bond acceptors (Lipinski definition) is 2. The molecule has 0 atom stereocenters. The van der Waals surface area contributed by atoms with Crippen molar-refractivity contribution >= 4 is 29.9 Å². The van der Waals surface area contributed by atoms with Crippen LogP contribution < -0.4 is 5.32 Å². The summed E-state index contributed by atoms with van der Waals surface area (Å²) in [6.07, 6.45) is 7.19. The lowest BCUT2D eigenvalue weighted by molar-refractivity contribution is 0.192. The molecule has 1 fully saturated rings. The Balaban J connectivity index is 0.00000338. The minimum absolute atomic E-state index is 0. The summed E-state index contributed by atoms with van der Waals surface area (Å²) in [6, 6.07) is 10.9. The Hall–Kier alpha value is -0.820. The first-order valence-corrected chi connectivity index (χ1v) is 9.89. The van der Waals surface area contributed by atoms with E-state index in [1.165, 1.54) is 31.2 Å². The van der Waals surface area contributed by atoms with Gasteiger partial charge in [-0.3, -0.25) is 4.99 Å².